The van der Waals surface area contributed by atoms with Gasteiger partial charge >= 0.3 is 233 Å². The summed E-state index contributed by atoms with van der Waals surface area (Å²) in [5.41, 5.74) is 7.97. The van der Waals surface area contributed by atoms with E-state index in [-0.39, 0.29) is 18.1 Å². The summed E-state index contributed by atoms with van der Waals surface area (Å²) in [6, 6.07) is 19.7. The molecule has 0 fully saturated rings. The standard InChI is InChI=1S/C21H25.C8H5F3.C5H5.Zr/c1-20(2,3)16-7-9-18-14(12-16)11-15-13-17(21(4,5)6)8-10-19(15)18;1-6-3-2-4-7(5-6)8(9,10)11;1-2-4-5-3-1;/h7-13H,1-6H3;1-5H;1-5H;. The third kappa shape index (κ3) is 5.26. The number of halogens is 3. The molecular formula is C34H35F3Zr. The SMILES string of the molecule is CC(C)(C)c1ccc2c(c1)[CH]([Zr](=[CH]c1cccc(C(F)(F)F)c1)[CH]1C=CC=C1)c1cc(C(C)(C)C)ccc1-2. The number of alkyl halides is 3. The summed E-state index contributed by atoms with van der Waals surface area (Å²) in [4.78, 5) is 0. The van der Waals surface area contributed by atoms with Crippen LogP contribution in [0.5, 0.6) is 0 Å². The van der Waals surface area contributed by atoms with Crippen molar-refractivity contribution in [3.8, 4) is 11.1 Å². The molecule has 0 aliphatic heterocycles. The van der Waals surface area contributed by atoms with Crippen LogP contribution in [-0.2, 0) is 38.3 Å². The van der Waals surface area contributed by atoms with Crippen molar-refractivity contribution in [3.05, 3.63) is 118 Å². The summed E-state index contributed by atoms with van der Waals surface area (Å²) in [5.74, 6) is 0. The molecule has 0 unspecified atom stereocenters. The van der Waals surface area contributed by atoms with Gasteiger partial charge in [0.25, 0.3) is 0 Å². The summed E-state index contributed by atoms with van der Waals surface area (Å²) in [6.45, 7) is 13.4. The van der Waals surface area contributed by atoms with Crippen molar-refractivity contribution < 1.29 is 34.4 Å². The van der Waals surface area contributed by atoms with Gasteiger partial charge in [-0.2, -0.15) is 0 Å². The van der Waals surface area contributed by atoms with E-state index in [0.29, 0.717) is 5.56 Å². The van der Waals surface area contributed by atoms with E-state index in [1.165, 1.54) is 45.5 Å². The molecule has 0 saturated heterocycles. The predicted molar refractivity (Wildman–Crippen MR) is 150 cm³/mol. The Kier molecular flexibility index (Phi) is 6.96. The maximum atomic E-state index is 13.6. The Bertz CT molecular complexity index is 1400. The molecule has 0 N–H and O–H groups in total. The zero-order chi connectivity index (χ0) is 27.5. The van der Waals surface area contributed by atoms with Crippen LogP contribution in [0.1, 0.15) is 78.5 Å². The van der Waals surface area contributed by atoms with Gasteiger partial charge in [0, 0.05) is 0 Å². The molecule has 2 aliphatic carbocycles. The number of hydrogen-bond acceptors (Lipinski definition) is 0. The van der Waals surface area contributed by atoms with Gasteiger partial charge in [0.05, 0.1) is 0 Å². The van der Waals surface area contributed by atoms with Crippen LogP contribution in [0.2, 0.25) is 3.63 Å². The van der Waals surface area contributed by atoms with Crippen molar-refractivity contribution >= 4 is 3.71 Å². The van der Waals surface area contributed by atoms with Crippen molar-refractivity contribution in [3.63, 3.8) is 0 Å². The molecule has 0 saturated carbocycles. The van der Waals surface area contributed by atoms with E-state index in [9.17, 15) is 13.2 Å². The van der Waals surface area contributed by atoms with E-state index in [0.717, 1.165) is 0 Å². The van der Waals surface area contributed by atoms with Crippen LogP contribution in [0.4, 0.5) is 13.2 Å². The molecule has 0 heterocycles. The van der Waals surface area contributed by atoms with Crippen molar-refractivity contribution in [1.82, 2.24) is 0 Å². The Morgan fingerprint density at radius 2 is 1.18 bits per heavy atom. The van der Waals surface area contributed by atoms with Gasteiger partial charge in [-0.15, -0.1) is 0 Å². The second-order valence-electron chi connectivity index (χ2n) is 12.6. The molecule has 0 radical (unpaired) electrons. The van der Waals surface area contributed by atoms with Crippen molar-refractivity contribution in [2.24, 2.45) is 0 Å². The minimum atomic E-state index is -4.35. The van der Waals surface area contributed by atoms with Gasteiger partial charge in [0.2, 0.25) is 0 Å². The van der Waals surface area contributed by atoms with Gasteiger partial charge in [-0.1, -0.05) is 0 Å². The third-order valence-corrected chi connectivity index (χ3v) is 15.4. The first-order valence-electron chi connectivity index (χ1n) is 13.3. The molecule has 0 spiro atoms. The van der Waals surface area contributed by atoms with Gasteiger partial charge in [0.15, 0.2) is 0 Å². The molecule has 0 atom stereocenters. The molecule has 0 nitrogen and oxygen atoms in total. The average molecular weight is 592 g/mol. The Balaban J connectivity index is 1.77. The summed E-state index contributed by atoms with van der Waals surface area (Å²) in [5, 5.41) is 0. The summed E-state index contributed by atoms with van der Waals surface area (Å²) >= 11 is -2.71. The fraction of sp³-hybridized carbons (Fsp3) is 0.324. The zero-order valence-electron chi connectivity index (χ0n) is 22.9. The number of fused-ring (bicyclic) bond motifs is 3. The summed E-state index contributed by atoms with van der Waals surface area (Å²) < 4.78 is 43.5. The van der Waals surface area contributed by atoms with Crippen LogP contribution in [0.25, 0.3) is 11.1 Å². The summed E-state index contributed by atoms with van der Waals surface area (Å²) in [7, 11) is 0. The van der Waals surface area contributed by atoms with Crippen molar-refractivity contribution in [2.45, 2.75) is 65.8 Å². The second-order valence-corrected chi connectivity index (χ2v) is 18.8. The molecule has 2 aliphatic rings. The van der Waals surface area contributed by atoms with Crippen molar-refractivity contribution in [2.75, 3.05) is 0 Å². The van der Waals surface area contributed by atoms with E-state index < -0.39 is 33.0 Å². The van der Waals surface area contributed by atoms with Crippen LogP contribution in [-0.4, -0.2) is 3.71 Å². The van der Waals surface area contributed by atoms with Crippen LogP contribution < -0.4 is 0 Å². The number of hydrogen-bond donors (Lipinski definition) is 0. The van der Waals surface area contributed by atoms with Crippen LogP contribution in [0.15, 0.2) is 85.0 Å². The quantitative estimate of drug-likeness (QED) is 0.284. The van der Waals surface area contributed by atoms with E-state index in [4.69, 9.17) is 0 Å². The van der Waals surface area contributed by atoms with Gasteiger partial charge in [0.1, 0.15) is 0 Å². The van der Waals surface area contributed by atoms with E-state index in [2.05, 4.69) is 106 Å². The normalized spacial score (nSPS) is 16.3. The van der Waals surface area contributed by atoms with Gasteiger partial charge in [-0.25, -0.2) is 0 Å². The van der Waals surface area contributed by atoms with Crippen molar-refractivity contribution in [1.29, 1.82) is 0 Å². The first-order chi connectivity index (χ1) is 17.7. The molecule has 196 valence electrons. The number of benzene rings is 3. The maximum absolute atomic E-state index is 13.6. The predicted octanol–water partition coefficient (Wildman–Crippen LogP) is 9.75. The Labute approximate surface area is 232 Å². The zero-order valence-corrected chi connectivity index (χ0v) is 25.4. The van der Waals surface area contributed by atoms with Gasteiger partial charge < -0.3 is 0 Å². The Morgan fingerprint density at radius 1 is 0.658 bits per heavy atom. The Morgan fingerprint density at radius 3 is 1.66 bits per heavy atom. The van der Waals surface area contributed by atoms with Crippen LogP contribution in [0.3, 0.4) is 0 Å². The van der Waals surface area contributed by atoms with Gasteiger partial charge in [-0.3, -0.25) is 0 Å². The molecule has 0 amide bonds. The molecule has 38 heavy (non-hydrogen) atoms. The minimum absolute atomic E-state index is 0.00632. The molecule has 4 heteroatoms. The summed E-state index contributed by atoms with van der Waals surface area (Å²) in [6.07, 6.45) is 4.37. The number of rotatable bonds is 3. The van der Waals surface area contributed by atoms with Crippen LogP contribution in [0, 0.1) is 0 Å². The average Bonchev–Trinajstić information content (AvgIpc) is 3.47. The van der Waals surface area contributed by atoms with E-state index >= 15 is 0 Å². The fourth-order valence-electron chi connectivity index (χ4n) is 5.58. The van der Waals surface area contributed by atoms with E-state index in [1.807, 2.05) is 6.07 Å². The molecule has 0 aromatic heterocycles. The molecular weight excluding hydrogens is 557 g/mol. The topological polar surface area (TPSA) is 0 Å². The fourth-order valence-corrected chi connectivity index (χ4v) is 13.4. The molecule has 0 bridgehead atoms. The first kappa shape index (κ1) is 27.3. The van der Waals surface area contributed by atoms with Gasteiger partial charge in [-0.05, 0) is 0 Å². The third-order valence-electron chi connectivity index (χ3n) is 7.76. The van der Waals surface area contributed by atoms with Crippen LogP contribution >= 0.6 is 0 Å². The molecule has 3 aromatic rings. The first-order valence-corrected chi connectivity index (χ1v) is 17.5. The molecule has 5 rings (SSSR count). The van der Waals surface area contributed by atoms with E-state index in [1.54, 1.807) is 6.07 Å². The monoisotopic (exact) mass is 590 g/mol. The second kappa shape index (κ2) is 9.70. The Hall–Kier alpha value is -2.32. The molecule has 3 aromatic carbocycles. The number of allylic oxidation sites excluding steroid dienone is 4.